The molecular weight excluding hydrogens is 609 g/mol. The SMILES string of the molecule is CCC1c2c(OC3CCN(c4ncnnc4Oc4ccc(F)cc4C(=O)N(CC)C(C)C)CC3)ccnc2CCN1Cc1ccccc1. The molecule has 1 amide bonds. The number of hydrogen-bond acceptors (Lipinski definition) is 9. The molecule has 252 valence electrons. The Hall–Kier alpha value is -4.64. The third kappa shape index (κ3) is 7.26. The fourth-order valence-corrected chi connectivity index (χ4v) is 6.88. The van der Waals surface area contributed by atoms with Crippen LogP contribution < -0.4 is 14.4 Å². The number of nitrogens with zero attached hydrogens (tertiary/aromatic N) is 7. The zero-order chi connectivity index (χ0) is 33.6. The lowest BCUT2D eigenvalue weighted by molar-refractivity contribution is 0.0713. The molecule has 4 aromatic rings. The lowest BCUT2D eigenvalue weighted by Gasteiger charge is -2.38. The van der Waals surface area contributed by atoms with Gasteiger partial charge in [-0.3, -0.25) is 14.7 Å². The van der Waals surface area contributed by atoms with E-state index in [4.69, 9.17) is 14.5 Å². The number of halogens is 1. The van der Waals surface area contributed by atoms with Crippen molar-refractivity contribution in [1.82, 2.24) is 30.0 Å². The van der Waals surface area contributed by atoms with Gasteiger partial charge >= 0.3 is 0 Å². The topological polar surface area (TPSA) is 96.8 Å². The van der Waals surface area contributed by atoms with E-state index < -0.39 is 5.82 Å². The van der Waals surface area contributed by atoms with Crippen LogP contribution in [0, 0.1) is 5.82 Å². The summed E-state index contributed by atoms with van der Waals surface area (Å²) in [5.74, 6) is 0.979. The van der Waals surface area contributed by atoms with Crippen molar-refractivity contribution in [3.05, 3.63) is 95.3 Å². The second-order valence-corrected chi connectivity index (χ2v) is 12.6. The molecule has 2 aromatic carbocycles. The molecule has 1 atom stereocenters. The van der Waals surface area contributed by atoms with Gasteiger partial charge in [0, 0.05) is 75.8 Å². The molecular formula is C37H44FN7O3. The number of pyridine rings is 1. The predicted molar refractivity (Wildman–Crippen MR) is 182 cm³/mol. The van der Waals surface area contributed by atoms with Gasteiger partial charge in [-0.05, 0) is 57.0 Å². The number of amides is 1. The lowest BCUT2D eigenvalue weighted by Crippen LogP contribution is -2.40. The highest BCUT2D eigenvalue weighted by molar-refractivity contribution is 5.97. The van der Waals surface area contributed by atoms with Gasteiger partial charge in [0.2, 0.25) is 0 Å². The third-order valence-electron chi connectivity index (χ3n) is 9.27. The molecule has 1 unspecified atom stereocenters. The molecule has 2 aromatic heterocycles. The van der Waals surface area contributed by atoms with Gasteiger partial charge in [0.25, 0.3) is 11.8 Å². The first-order chi connectivity index (χ1) is 23.4. The zero-order valence-electron chi connectivity index (χ0n) is 28.2. The van der Waals surface area contributed by atoms with Gasteiger partial charge in [0.05, 0.1) is 11.3 Å². The van der Waals surface area contributed by atoms with Gasteiger partial charge in [0.1, 0.15) is 29.7 Å². The lowest BCUT2D eigenvalue weighted by atomic mass is 9.93. The van der Waals surface area contributed by atoms with Crippen molar-refractivity contribution >= 4 is 11.7 Å². The summed E-state index contributed by atoms with van der Waals surface area (Å²) in [6.45, 7) is 11.6. The maximum Gasteiger partial charge on any atom is 0.282 e. The maximum atomic E-state index is 14.3. The van der Waals surface area contributed by atoms with Crippen molar-refractivity contribution in [2.45, 2.75) is 78.1 Å². The molecule has 11 heteroatoms. The normalized spacial score (nSPS) is 16.9. The monoisotopic (exact) mass is 653 g/mol. The number of ether oxygens (including phenoxy) is 2. The highest BCUT2D eigenvalue weighted by Crippen LogP contribution is 2.40. The summed E-state index contributed by atoms with van der Waals surface area (Å²) in [5, 5.41) is 8.17. The highest BCUT2D eigenvalue weighted by atomic mass is 19.1. The molecule has 0 N–H and O–H groups in total. The van der Waals surface area contributed by atoms with E-state index in [2.05, 4.69) is 62.2 Å². The van der Waals surface area contributed by atoms with E-state index in [1.54, 1.807) is 4.90 Å². The van der Waals surface area contributed by atoms with Gasteiger partial charge in [-0.2, -0.15) is 0 Å². The van der Waals surface area contributed by atoms with E-state index in [9.17, 15) is 9.18 Å². The molecule has 0 saturated carbocycles. The van der Waals surface area contributed by atoms with Crippen molar-refractivity contribution in [1.29, 1.82) is 0 Å². The van der Waals surface area contributed by atoms with E-state index in [0.29, 0.717) is 25.5 Å². The first-order valence-electron chi connectivity index (χ1n) is 17.0. The minimum atomic E-state index is -0.519. The van der Waals surface area contributed by atoms with Crippen LogP contribution in [0.15, 0.2) is 67.1 Å². The number of anilines is 1. The van der Waals surface area contributed by atoms with Crippen LogP contribution in [-0.4, -0.2) is 74.2 Å². The van der Waals surface area contributed by atoms with Crippen LogP contribution in [0.5, 0.6) is 17.4 Å². The number of carbonyl (C=O) groups excluding carboxylic acids is 1. The van der Waals surface area contributed by atoms with Crippen molar-refractivity contribution in [2.24, 2.45) is 0 Å². The summed E-state index contributed by atoms with van der Waals surface area (Å²) in [5.41, 5.74) is 3.78. The molecule has 0 bridgehead atoms. The number of rotatable bonds is 11. The molecule has 1 fully saturated rings. The number of hydrogen-bond donors (Lipinski definition) is 0. The van der Waals surface area contributed by atoms with E-state index in [0.717, 1.165) is 50.2 Å². The minimum absolute atomic E-state index is 0.0197. The van der Waals surface area contributed by atoms with Gasteiger partial charge in [-0.15, -0.1) is 10.2 Å². The Bertz CT molecular complexity index is 1700. The fourth-order valence-electron chi connectivity index (χ4n) is 6.88. The molecule has 48 heavy (non-hydrogen) atoms. The van der Waals surface area contributed by atoms with Crippen molar-refractivity contribution in [2.75, 3.05) is 31.1 Å². The maximum absolute atomic E-state index is 14.3. The standard InChI is InChI=1S/C37H44FN7O3/c1-5-31-34-30(17-21-44(31)23-26-10-8-7-9-11-26)39-18-14-33(34)47-28-15-19-43(20-16-28)35-36(42-41-24-40-35)48-32-13-12-27(38)22-29(32)37(46)45(6-2)25(3)4/h7-14,18,22,24-25,28,31H,5-6,15-17,19-21,23H2,1-4H3. The summed E-state index contributed by atoms with van der Waals surface area (Å²) >= 11 is 0. The summed E-state index contributed by atoms with van der Waals surface area (Å²) in [6.07, 6.45) is 6.68. The molecule has 0 spiro atoms. The molecule has 0 aliphatic carbocycles. The van der Waals surface area contributed by atoms with E-state index in [1.165, 1.54) is 35.7 Å². The molecule has 6 rings (SSSR count). The Morgan fingerprint density at radius 1 is 1.02 bits per heavy atom. The number of aromatic nitrogens is 4. The van der Waals surface area contributed by atoms with Crippen LogP contribution in [0.25, 0.3) is 0 Å². The van der Waals surface area contributed by atoms with Crippen LogP contribution in [0.4, 0.5) is 10.2 Å². The Kier molecular flexibility index (Phi) is 10.4. The number of carbonyl (C=O) groups is 1. The minimum Gasteiger partial charge on any atom is -0.490 e. The molecule has 1 saturated heterocycles. The van der Waals surface area contributed by atoms with Crippen LogP contribution >= 0.6 is 0 Å². The Morgan fingerprint density at radius 3 is 2.54 bits per heavy atom. The summed E-state index contributed by atoms with van der Waals surface area (Å²) in [6, 6.07) is 16.7. The first-order valence-corrected chi connectivity index (χ1v) is 17.0. The van der Waals surface area contributed by atoms with Crippen LogP contribution in [0.2, 0.25) is 0 Å². The van der Waals surface area contributed by atoms with E-state index in [1.807, 2.05) is 33.0 Å². The average Bonchev–Trinajstić information content (AvgIpc) is 3.10. The van der Waals surface area contributed by atoms with Crippen molar-refractivity contribution in [3.8, 4) is 17.4 Å². The first kappa shape index (κ1) is 33.3. The van der Waals surface area contributed by atoms with Gasteiger partial charge in [-0.1, -0.05) is 37.3 Å². The van der Waals surface area contributed by atoms with Crippen molar-refractivity contribution in [3.63, 3.8) is 0 Å². The molecule has 4 heterocycles. The quantitative estimate of drug-likeness (QED) is 0.177. The molecule has 2 aliphatic heterocycles. The summed E-state index contributed by atoms with van der Waals surface area (Å²) < 4.78 is 27.2. The largest absolute Gasteiger partial charge is 0.490 e. The number of benzene rings is 2. The number of piperidine rings is 1. The smallest absolute Gasteiger partial charge is 0.282 e. The summed E-state index contributed by atoms with van der Waals surface area (Å²) in [7, 11) is 0. The second kappa shape index (κ2) is 15.1. The second-order valence-electron chi connectivity index (χ2n) is 12.6. The Labute approximate surface area is 281 Å². The van der Waals surface area contributed by atoms with Crippen LogP contribution in [0.1, 0.15) is 80.2 Å². The third-order valence-corrected chi connectivity index (χ3v) is 9.27. The predicted octanol–water partition coefficient (Wildman–Crippen LogP) is 6.63. The summed E-state index contributed by atoms with van der Waals surface area (Å²) in [4.78, 5) is 28.9. The van der Waals surface area contributed by atoms with E-state index in [-0.39, 0.29) is 41.3 Å². The Morgan fingerprint density at radius 2 is 1.81 bits per heavy atom. The van der Waals surface area contributed by atoms with Crippen LogP contribution in [0.3, 0.4) is 0 Å². The molecule has 2 aliphatic rings. The van der Waals surface area contributed by atoms with E-state index >= 15 is 0 Å². The van der Waals surface area contributed by atoms with Gasteiger partial charge in [-0.25, -0.2) is 9.37 Å². The van der Waals surface area contributed by atoms with Crippen LogP contribution in [-0.2, 0) is 13.0 Å². The van der Waals surface area contributed by atoms with Gasteiger partial charge in [0.15, 0.2) is 5.82 Å². The number of fused-ring (bicyclic) bond motifs is 1. The van der Waals surface area contributed by atoms with Gasteiger partial charge < -0.3 is 19.3 Å². The average molecular weight is 654 g/mol. The fraction of sp³-hybridized carbons (Fsp3) is 0.432. The zero-order valence-corrected chi connectivity index (χ0v) is 28.2. The molecule has 10 nitrogen and oxygen atoms in total. The Balaban J connectivity index is 1.15. The highest BCUT2D eigenvalue weighted by Gasteiger charge is 2.32. The molecule has 0 radical (unpaired) electrons. The van der Waals surface area contributed by atoms with Crippen molar-refractivity contribution < 1.29 is 18.7 Å².